The van der Waals surface area contributed by atoms with E-state index in [4.69, 9.17) is 9.47 Å². The second-order valence-electron chi connectivity index (χ2n) is 6.32. The van der Waals surface area contributed by atoms with E-state index < -0.39 is 5.97 Å². The van der Waals surface area contributed by atoms with Crippen LogP contribution in [0.2, 0.25) is 0 Å². The highest BCUT2D eigenvalue weighted by Gasteiger charge is 2.13. The number of amides is 1. The zero-order valence-electron chi connectivity index (χ0n) is 15.4. The van der Waals surface area contributed by atoms with E-state index >= 15 is 0 Å². The summed E-state index contributed by atoms with van der Waals surface area (Å²) < 4.78 is 10.4. The molecule has 1 N–H and O–H groups in total. The fourth-order valence-corrected chi connectivity index (χ4v) is 3.00. The minimum atomic E-state index is -0.544. The maximum Gasteiger partial charge on any atom is 0.338 e. The van der Waals surface area contributed by atoms with Gasteiger partial charge in [0.1, 0.15) is 5.75 Å². The number of carbonyl (C=O) groups is 2. The van der Waals surface area contributed by atoms with Crippen molar-refractivity contribution in [2.75, 3.05) is 36.5 Å². The number of carbonyl (C=O) groups excluding carboxylic acids is 2. The topological polar surface area (TPSA) is 67.9 Å². The van der Waals surface area contributed by atoms with Crippen molar-refractivity contribution >= 4 is 23.3 Å². The molecule has 2 aromatic rings. The Morgan fingerprint density at radius 2 is 1.67 bits per heavy atom. The van der Waals surface area contributed by atoms with E-state index in [1.54, 1.807) is 24.3 Å². The standard InChI is InChI=1S/C21H24N2O4/c1-2-26-19-11-5-16(6-12-19)21(25)27-15-20(24)22-17-7-9-18(10-8-17)23-13-3-4-14-23/h5-12H,2-4,13-15H2,1H3,(H,22,24). The number of ether oxygens (including phenoxy) is 2. The lowest BCUT2D eigenvalue weighted by Crippen LogP contribution is -2.21. The first-order valence-electron chi connectivity index (χ1n) is 9.20. The predicted molar refractivity (Wildman–Crippen MR) is 104 cm³/mol. The van der Waals surface area contributed by atoms with Gasteiger partial charge in [0.25, 0.3) is 5.91 Å². The highest BCUT2D eigenvalue weighted by molar-refractivity contribution is 5.95. The number of nitrogens with one attached hydrogen (secondary N) is 1. The fourth-order valence-electron chi connectivity index (χ4n) is 3.00. The number of nitrogens with zero attached hydrogens (tertiary/aromatic N) is 1. The van der Waals surface area contributed by atoms with Crippen LogP contribution in [0, 0.1) is 0 Å². The van der Waals surface area contributed by atoms with Crippen LogP contribution in [0.1, 0.15) is 30.1 Å². The molecule has 0 radical (unpaired) electrons. The van der Waals surface area contributed by atoms with Crippen molar-refractivity contribution in [1.82, 2.24) is 0 Å². The first-order valence-corrected chi connectivity index (χ1v) is 9.20. The van der Waals surface area contributed by atoms with Crippen LogP contribution in [0.3, 0.4) is 0 Å². The van der Waals surface area contributed by atoms with Crippen molar-refractivity contribution in [3.63, 3.8) is 0 Å². The minimum absolute atomic E-state index is 0.333. The van der Waals surface area contributed by atoms with E-state index in [1.807, 2.05) is 31.2 Å². The largest absolute Gasteiger partial charge is 0.494 e. The average molecular weight is 368 g/mol. The van der Waals surface area contributed by atoms with E-state index in [2.05, 4.69) is 10.2 Å². The van der Waals surface area contributed by atoms with Crippen molar-refractivity contribution in [2.45, 2.75) is 19.8 Å². The van der Waals surface area contributed by atoms with Gasteiger partial charge >= 0.3 is 5.97 Å². The lowest BCUT2D eigenvalue weighted by atomic mass is 10.2. The van der Waals surface area contributed by atoms with Crippen molar-refractivity contribution in [1.29, 1.82) is 0 Å². The van der Waals surface area contributed by atoms with Crippen LogP contribution in [-0.2, 0) is 9.53 Å². The Labute approximate surface area is 159 Å². The van der Waals surface area contributed by atoms with Crippen LogP contribution in [-0.4, -0.2) is 38.2 Å². The number of rotatable bonds is 7. The van der Waals surface area contributed by atoms with Crippen molar-refractivity contribution in [3.05, 3.63) is 54.1 Å². The molecule has 6 nitrogen and oxygen atoms in total. The van der Waals surface area contributed by atoms with E-state index in [9.17, 15) is 9.59 Å². The van der Waals surface area contributed by atoms with Crippen LogP contribution in [0.25, 0.3) is 0 Å². The third kappa shape index (κ3) is 5.23. The van der Waals surface area contributed by atoms with Crippen LogP contribution in [0.4, 0.5) is 11.4 Å². The summed E-state index contributed by atoms with van der Waals surface area (Å²) in [4.78, 5) is 26.3. The molecule has 1 saturated heterocycles. The zero-order chi connectivity index (χ0) is 19.1. The van der Waals surface area contributed by atoms with Gasteiger partial charge in [-0.2, -0.15) is 0 Å². The lowest BCUT2D eigenvalue weighted by Gasteiger charge is -2.17. The first kappa shape index (κ1) is 18.8. The molecule has 142 valence electrons. The number of anilines is 2. The van der Waals surface area contributed by atoms with E-state index in [0.717, 1.165) is 18.8 Å². The van der Waals surface area contributed by atoms with Gasteiger partial charge in [-0.3, -0.25) is 4.79 Å². The molecule has 0 aromatic heterocycles. The van der Waals surface area contributed by atoms with Crippen molar-refractivity contribution in [2.24, 2.45) is 0 Å². The molecule has 0 bridgehead atoms. The van der Waals surface area contributed by atoms with Gasteiger partial charge in [-0.05, 0) is 68.3 Å². The van der Waals surface area contributed by atoms with Gasteiger partial charge in [0.05, 0.1) is 12.2 Å². The third-order valence-electron chi connectivity index (χ3n) is 4.36. The predicted octanol–water partition coefficient (Wildman–Crippen LogP) is 3.48. The molecule has 1 aliphatic rings. The molecule has 1 fully saturated rings. The summed E-state index contributed by atoms with van der Waals surface area (Å²) in [6.45, 7) is 4.27. The maximum atomic E-state index is 12.0. The van der Waals surface area contributed by atoms with Gasteiger partial charge in [-0.15, -0.1) is 0 Å². The number of esters is 1. The summed E-state index contributed by atoms with van der Waals surface area (Å²) in [7, 11) is 0. The van der Waals surface area contributed by atoms with Crippen LogP contribution in [0.15, 0.2) is 48.5 Å². The molecule has 0 unspecified atom stereocenters. The average Bonchev–Trinajstić information content (AvgIpc) is 3.22. The lowest BCUT2D eigenvalue weighted by molar-refractivity contribution is -0.119. The summed E-state index contributed by atoms with van der Waals surface area (Å²) >= 11 is 0. The Hall–Kier alpha value is -3.02. The summed E-state index contributed by atoms with van der Waals surface area (Å²) in [6.07, 6.45) is 2.44. The minimum Gasteiger partial charge on any atom is -0.494 e. The van der Waals surface area contributed by atoms with Crippen LogP contribution in [0.5, 0.6) is 5.75 Å². The van der Waals surface area contributed by atoms with Gasteiger partial charge in [-0.1, -0.05) is 0 Å². The molecule has 0 atom stereocenters. The first-order chi connectivity index (χ1) is 13.2. The summed E-state index contributed by atoms with van der Waals surface area (Å²) in [5.41, 5.74) is 2.22. The van der Waals surface area contributed by atoms with Gasteiger partial charge in [-0.25, -0.2) is 4.79 Å². The fraction of sp³-hybridized carbons (Fsp3) is 0.333. The molecular formula is C21H24N2O4. The second-order valence-corrected chi connectivity index (χ2v) is 6.32. The van der Waals surface area contributed by atoms with Gasteiger partial charge in [0, 0.05) is 24.5 Å². The highest BCUT2D eigenvalue weighted by Crippen LogP contribution is 2.22. The Morgan fingerprint density at radius 1 is 1.00 bits per heavy atom. The van der Waals surface area contributed by atoms with Crippen LogP contribution < -0.4 is 15.0 Å². The smallest absolute Gasteiger partial charge is 0.338 e. The van der Waals surface area contributed by atoms with Gasteiger partial charge in [0.2, 0.25) is 0 Å². The molecule has 27 heavy (non-hydrogen) atoms. The molecule has 2 aromatic carbocycles. The third-order valence-corrected chi connectivity index (χ3v) is 4.36. The van der Waals surface area contributed by atoms with Gasteiger partial charge < -0.3 is 19.7 Å². The normalized spacial score (nSPS) is 13.3. The summed E-state index contributed by atoms with van der Waals surface area (Å²) in [5, 5.41) is 2.74. The SMILES string of the molecule is CCOc1ccc(C(=O)OCC(=O)Nc2ccc(N3CCCC3)cc2)cc1. The maximum absolute atomic E-state index is 12.0. The van der Waals surface area contributed by atoms with E-state index in [-0.39, 0.29) is 12.5 Å². The molecule has 6 heteroatoms. The van der Waals surface area contributed by atoms with E-state index in [1.165, 1.54) is 12.8 Å². The van der Waals surface area contributed by atoms with E-state index in [0.29, 0.717) is 23.6 Å². The van der Waals surface area contributed by atoms with Crippen LogP contribution >= 0.6 is 0 Å². The molecule has 1 heterocycles. The quantitative estimate of drug-likeness (QED) is 0.758. The number of hydrogen-bond donors (Lipinski definition) is 1. The molecule has 0 aliphatic carbocycles. The number of benzene rings is 2. The van der Waals surface area contributed by atoms with Gasteiger partial charge in [0.15, 0.2) is 6.61 Å². The monoisotopic (exact) mass is 368 g/mol. The number of hydrogen-bond acceptors (Lipinski definition) is 5. The molecule has 3 rings (SSSR count). The molecule has 1 amide bonds. The Balaban J connectivity index is 1.46. The van der Waals surface area contributed by atoms with Crippen molar-refractivity contribution < 1.29 is 19.1 Å². The Morgan fingerprint density at radius 3 is 2.30 bits per heavy atom. The second kappa shape index (κ2) is 9.07. The molecule has 0 spiro atoms. The zero-order valence-corrected chi connectivity index (χ0v) is 15.4. The summed E-state index contributed by atoms with van der Waals surface area (Å²) in [6, 6.07) is 14.3. The van der Waals surface area contributed by atoms with Crippen molar-refractivity contribution in [3.8, 4) is 5.75 Å². The summed E-state index contributed by atoms with van der Waals surface area (Å²) in [5.74, 6) is -0.232. The highest BCUT2D eigenvalue weighted by atomic mass is 16.5. The Kier molecular flexibility index (Phi) is 6.30. The molecule has 0 saturated carbocycles. The molecule has 1 aliphatic heterocycles. The Bertz CT molecular complexity index is 766. The molecular weight excluding hydrogens is 344 g/mol.